The highest BCUT2D eigenvalue weighted by molar-refractivity contribution is 5.88. The van der Waals surface area contributed by atoms with E-state index in [2.05, 4.69) is 5.16 Å². The standard InChI is InChI=1S/C10H11NO2/c12-10-4-2-7-5-9(11-13)3-1-8(7)6-10/h2,4,6,12-13H,1,3,5H2. The van der Waals surface area contributed by atoms with E-state index in [1.807, 2.05) is 6.07 Å². The van der Waals surface area contributed by atoms with E-state index in [0.29, 0.717) is 12.2 Å². The minimum absolute atomic E-state index is 0.308. The summed E-state index contributed by atoms with van der Waals surface area (Å²) in [6.07, 6.45) is 2.34. The first-order chi connectivity index (χ1) is 6.29. The first-order valence-corrected chi connectivity index (χ1v) is 4.30. The van der Waals surface area contributed by atoms with E-state index >= 15 is 0 Å². The number of phenolic OH excluding ortho intramolecular Hbond substituents is 1. The number of fused-ring (bicyclic) bond motifs is 1. The van der Waals surface area contributed by atoms with Gasteiger partial charge in [0.1, 0.15) is 5.75 Å². The summed E-state index contributed by atoms with van der Waals surface area (Å²) in [5.41, 5.74) is 3.13. The molecule has 0 radical (unpaired) electrons. The highest BCUT2D eigenvalue weighted by Crippen LogP contribution is 2.23. The minimum atomic E-state index is 0.308. The average Bonchev–Trinajstić information content (AvgIpc) is 2.17. The molecule has 68 valence electrons. The largest absolute Gasteiger partial charge is 0.508 e. The number of nitrogens with zero attached hydrogens (tertiary/aromatic N) is 1. The topological polar surface area (TPSA) is 52.8 Å². The van der Waals surface area contributed by atoms with Crippen LogP contribution in [0.15, 0.2) is 23.4 Å². The fourth-order valence-corrected chi connectivity index (χ4v) is 1.69. The van der Waals surface area contributed by atoms with Crippen LogP contribution in [0.5, 0.6) is 5.75 Å². The second kappa shape index (κ2) is 3.09. The van der Waals surface area contributed by atoms with Gasteiger partial charge in [-0.05, 0) is 36.1 Å². The Labute approximate surface area is 76.3 Å². The number of hydrogen-bond donors (Lipinski definition) is 2. The number of oxime groups is 1. The van der Waals surface area contributed by atoms with Gasteiger partial charge in [-0.25, -0.2) is 0 Å². The van der Waals surface area contributed by atoms with Crippen molar-refractivity contribution in [3.8, 4) is 5.75 Å². The zero-order valence-electron chi connectivity index (χ0n) is 7.20. The summed E-state index contributed by atoms with van der Waals surface area (Å²) >= 11 is 0. The van der Waals surface area contributed by atoms with E-state index in [9.17, 15) is 5.11 Å². The van der Waals surface area contributed by atoms with E-state index < -0.39 is 0 Å². The molecule has 3 heteroatoms. The van der Waals surface area contributed by atoms with Crippen molar-refractivity contribution in [1.29, 1.82) is 0 Å². The Morgan fingerprint density at radius 1 is 1.15 bits per heavy atom. The van der Waals surface area contributed by atoms with Crippen LogP contribution in [0.4, 0.5) is 0 Å². The highest BCUT2D eigenvalue weighted by atomic mass is 16.4. The Bertz CT molecular complexity index is 358. The summed E-state index contributed by atoms with van der Waals surface area (Å²) in [4.78, 5) is 0. The van der Waals surface area contributed by atoms with Crippen molar-refractivity contribution in [3.63, 3.8) is 0 Å². The van der Waals surface area contributed by atoms with Crippen molar-refractivity contribution in [1.82, 2.24) is 0 Å². The molecule has 13 heavy (non-hydrogen) atoms. The van der Waals surface area contributed by atoms with Crippen LogP contribution in [0.2, 0.25) is 0 Å². The summed E-state index contributed by atoms with van der Waals surface area (Å²) in [7, 11) is 0. The molecule has 0 saturated carbocycles. The Balaban J connectivity index is 2.37. The predicted molar refractivity (Wildman–Crippen MR) is 49.4 cm³/mol. The van der Waals surface area contributed by atoms with Crippen molar-refractivity contribution >= 4 is 5.71 Å². The first-order valence-electron chi connectivity index (χ1n) is 4.30. The highest BCUT2D eigenvalue weighted by Gasteiger charge is 2.14. The van der Waals surface area contributed by atoms with Crippen LogP contribution in [0.25, 0.3) is 0 Å². The summed E-state index contributed by atoms with van der Waals surface area (Å²) in [5, 5.41) is 21.1. The second-order valence-electron chi connectivity index (χ2n) is 3.30. The van der Waals surface area contributed by atoms with Crippen molar-refractivity contribution in [2.75, 3.05) is 0 Å². The van der Waals surface area contributed by atoms with Gasteiger partial charge in [-0.15, -0.1) is 0 Å². The van der Waals surface area contributed by atoms with Gasteiger partial charge in [0.15, 0.2) is 0 Å². The fraction of sp³-hybridized carbons (Fsp3) is 0.300. The fourth-order valence-electron chi connectivity index (χ4n) is 1.69. The summed E-state index contributed by atoms with van der Waals surface area (Å²) in [6.45, 7) is 0. The Hall–Kier alpha value is -1.51. The maximum absolute atomic E-state index is 9.23. The van der Waals surface area contributed by atoms with Crippen molar-refractivity contribution < 1.29 is 10.3 Å². The molecule has 0 spiro atoms. The first kappa shape index (κ1) is 8.10. The number of benzene rings is 1. The Morgan fingerprint density at radius 2 is 2.00 bits per heavy atom. The molecule has 0 fully saturated rings. The molecule has 0 heterocycles. The van der Waals surface area contributed by atoms with Crippen molar-refractivity contribution in [2.45, 2.75) is 19.3 Å². The lowest BCUT2D eigenvalue weighted by atomic mass is 9.90. The van der Waals surface area contributed by atoms with Gasteiger partial charge in [-0.3, -0.25) is 0 Å². The predicted octanol–water partition coefficient (Wildman–Crippen LogP) is 1.71. The van der Waals surface area contributed by atoms with E-state index in [1.54, 1.807) is 12.1 Å². The molecule has 0 aromatic heterocycles. The SMILES string of the molecule is ON=C1CCc2cc(O)ccc2C1. The number of hydrogen-bond acceptors (Lipinski definition) is 3. The van der Waals surface area contributed by atoms with Gasteiger partial charge in [0.2, 0.25) is 0 Å². The maximum Gasteiger partial charge on any atom is 0.115 e. The molecule has 1 aromatic carbocycles. The van der Waals surface area contributed by atoms with Gasteiger partial charge < -0.3 is 10.3 Å². The third kappa shape index (κ3) is 1.49. The molecule has 2 rings (SSSR count). The zero-order chi connectivity index (χ0) is 9.26. The van der Waals surface area contributed by atoms with Crippen LogP contribution in [0.3, 0.4) is 0 Å². The number of aryl methyl sites for hydroxylation is 1. The van der Waals surface area contributed by atoms with Gasteiger partial charge in [-0.1, -0.05) is 11.2 Å². The summed E-state index contributed by atoms with van der Waals surface area (Å²) in [5.74, 6) is 0.308. The number of rotatable bonds is 0. The molecule has 0 aliphatic heterocycles. The van der Waals surface area contributed by atoms with E-state index in [4.69, 9.17) is 5.21 Å². The molecule has 3 nitrogen and oxygen atoms in total. The average molecular weight is 177 g/mol. The van der Waals surface area contributed by atoms with E-state index in [1.165, 1.54) is 0 Å². The second-order valence-corrected chi connectivity index (χ2v) is 3.30. The van der Waals surface area contributed by atoms with Gasteiger partial charge in [0.25, 0.3) is 0 Å². The van der Waals surface area contributed by atoms with Gasteiger partial charge >= 0.3 is 0 Å². The van der Waals surface area contributed by atoms with E-state index in [-0.39, 0.29) is 0 Å². The van der Waals surface area contributed by atoms with Crippen LogP contribution in [0.1, 0.15) is 17.5 Å². The Morgan fingerprint density at radius 3 is 2.77 bits per heavy atom. The molecule has 0 unspecified atom stereocenters. The smallest absolute Gasteiger partial charge is 0.115 e. The molecule has 1 aliphatic carbocycles. The summed E-state index contributed by atoms with van der Waals surface area (Å²) in [6, 6.07) is 5.33. The molecule has 0 amide bonds. The third-order valence-electron chi connectivity index (χ3n) is 2.41. The molecular formula is C10H11NO2. The zero-order valence-corrected chi connectivity index (χ0v) is 7.20. The molecule has 1 aromatic rings. The molecule has 0 atom stereocenters. The van der Waals surface area contributed by atoms with Crippen LogP contribution in [0, 0.1) is 0 Å². The van der Waals surface area contributed by atoms with Crippen molar-refractivity contribution in [3.05, 3.63) is 29.3 Å². The normalized spacial score (nSPS) is 18.6. The van der Waals surface area contributed by atoms with Crippen molar-refractivity contribution in [2.24, 2.45) is 5.16 Å². The lowest BCUT2D eigenvalue weighted by molar-refractivity contribution is 0.316. The number of phenols is 1. The lowest BCUT2D eigenvalue weighted by Gasteiger charge is -2.16. The van der Waals surface area contributed by atoms with Crippen LogP contribution in [-0.2, 0) is 12.8 Å². The molecule has 0 saturated heterocycles. The minimum Gasteiger partial charge on any atom is -0.508 e. The lowest BCUT2D eigenvalue weighted by Crippen LogP contribution is -2.13. The van der Waals surface area contributed by atoms with Crippen LogP contribution >= 0.6 is 0 Å². The molecule has 1 aliphatic rings. The third-order valence-corrected chi connectivity index (χ3v) is 2.41. The molecular weight excluding hydrogens is 166 g/mol. The molecule has 0 bridgehead atoms. The van der Waals surface area contributed by atoms with Gasteiger partial charge in [-0.2, -0.15) is 0 Å². The van der Waals surface area contributed by atoms with Crippen LogP contribution in [-0.4, -0.2) is 16.0 Å². The maximum atomic E-state index is 9.23. The van der Waals surface area contributed by atoms with Gasteiger partial charge in [0, 0.05) is 6.42 Å². The summed E-state index contributed by atoms with van der Waals surface area (Å²) < 4.78 is 0. The van der Waals surface area contributed by atoms with Crippen LogP contribution < -0.4 is 0 Å². The monoisotopic (exact) mass is 177 g/mol. The Kier molecular flexibility index (Phi) is 1.93. The molecule has 2 N–H and O–H groups in total. The van der Waals surface area contributed by atoms with E-state index in [0.717, 1.165) is 29.7 Å². The number of aromatic hydroxyl groups is 1. The quantitative estimate of drug-likeness (QED) is 0.468. The van der Waals surface area contributed by atoms with Gasteiger partial charge in [0.05, 0.1) is 5.71 Å².